The highest BCUT2D eigenvalue weighted by molar-refractivity contribution is 5.98. The second kappa shape index (κ2) is 16.3. The Morgan fingerprint density at radius 3 is 2.33 bits per heavy atom. The molecule has 5 aliphatic heterocycles. The van der Waals surface area contributed by atoms with Crippen molar-refractivity contribution in [2.75, 3.05) is 0 Å². The molecule has 0 aromatic rings. The topological polar surface area (TPSA) is 168 Å². The number of allylic oxidation sites excluding steroid dienone is 6. The number of hydrogen-bond acceptors (Lipinski definition) is 8. The highest BCUT2D eigenvalue weighted by Crippen LogP contribution is 2.49. The molecule has 51 heavy (non-hydrogen) atoms. The number of carbonyl (C=O) groups is 1. The summed E-state index contributed by atoms with van der Waals surface area (Å²) in [5, 5.41) is 23.1. The van der Waals surface area contributed by atoms with E-state index in [0.29, 0.717) is 25.7 Å². The van der Waals surface area contributed by atoms with Gasteiger partial charge in [-0.05, 0) is 104 Å². The molecule has 286 valence electrons. The van der Waals surface area contributed by atoms with Gasteiger partial charge in [0.15, 0.2) is 5.96 Å². The van der Waals surface area contributed by atoms with Crippen molar-refractivity contribution in [3.8, 4) is 0 Å². The van der Waals surface area contributed by atoms with E-state index in [1.54, 1.807) is 6.08 Å². The average Bonchev–Trinajstić information content (AvgIpc) is 3.30. The number of nitrogens with two attached hydrogens (primary N) is 2. The molecule has 6 N–H and O–H groups in total. The lowest BCUT2D eigenvalue weighted by Gasteiger charge is -2.49. The number of fused-ring (bicyclic) bond motifs is 4. The Morgan fingerprint density at radius 1 is 0.922 bits per heavy atom. The molecule has 0 saturated carbocycles. The summed E-state index contributed by atoms with van der Waals surface area (Å²) in [6.07, 6.45) is 14.4. The first-order valence-corrected chi connectivity index (χ1v) is 19.0. The van der Waals surface area contributed by atoms with Crippen molar-refractivity contribution < 1.29 is 38.7 Å². The lowest BCUT2D eigenvalue weighted by molar-refractivity contribution is -0.273. The summed E-state index contributed by atoms with van der Waals surface area (Å²) < 4.78 is 34.2. The van der Waals surface area contributed by atoms with E-state index in [4.69, 9.17) is 35.2 Å². The largest absolute Gasteiger partial charge is 0.390 e. The first-order valence-electron chi connectivity index (χ1n) is 19.0. The van der Waals surface area contributed by atoms with Gasteiger partial charge >= 0.3 is 0 Å². The lowest BCUT2D eigenvalue weighted by Crippen LogP contribution is -2.59. The van der Waals surface area contributed by atoms with Crippen molar-refractivity contribution in [3.05, 3.63) is 48.1 Å². The molecular weight excluding hydrogens is 650 g/mol. The van der Waals surface area contributed by atoms with Crippen molar-refractivity contribution in [3.63, 3.8) is 0 Å². The molecule has 12 unspecified atom stereocenters. The summed E-state index contributed by atoms with van der Waals surface area (Å²) in [7, 11) is 0. The van der Waals surface area contributed by atoms with Crippen molar-refractivity contribution in [2.24, 2.45) is 22.4 Å². The monoisotopic (exact) mass is 713 g/mol. The van der Waals surface area contributed by atoms with E-state index in [-0.39, 0.29) is 54.6 Å². The Labute approximate surface area is 304 Å². The number of nitrogens with zero attached hydrogens (tertiary/aromatic N) is 1. The predicted molar refractivity (Wildman–Crippen MR) is 197 cm³/mol. The molecule has 5 aliphatic rings. The number of hydrogen-bond donors (Lipinski definition) is 4. The second-order valence-corrected chi connectivity index (χ2v) is 16.4. The SMILES string of the molecule is C=C/C=C\CCC1OC2CCC3(C)OC4C(CC3OC2CCC1(C)O)OC1CC(C)C(CC/C=C(C)/C(C)=C/C(=O)N=C(N)N)OC1(C)C[C@@H]4O. The van der Waals surface area contributed by atoms with Gasteiger partial charge in [0, 0.05) is 18.9 Å². The molecular formula is C40H63N3O8. The van der Waals surface area contributed by atoms with Gasteiger partial charge < -0.3 is 45.4 Å². The van der Waals surface area contributed by atoms with Gasteiger partial charge in [-0.15, -0.1) is 0 Å². The van der Waals surface area contributed by atoms with Crippen molar-refractivity contribution in [1.82, 2.24) is 0 Å². The van der Waals surface area contributed by atoms with Gasteiger partial charge in [-0.3, -0.25) is 4.79 Å². The Morgan fingerprint density at radius 2 is 1.61 bits per heavy atom. The third-order valence-corrected chi connectivity index (χ3v) is 12.2. The summed E-state index contributed by atoms with van der Waals surface area (Å²) in [6.45, 7) is 15.8. The van der Waals surface area contributed by atoms with E-state index in [1.165, 1.54) is 6.08 Å². The van der Waals surface area contributed by atoms with Crippen molar-refractivity contribution in [2.45, 2.75) is 184 Å². The number of ether oxygens (including phenoxy) is 5. The van der Waals surface area contributed by atoms with Crippen LogP contribution < -0.4 is 11.5 Å². The van der Waals surface area contributed by atoms with Gasteiger partial charge in [0.05, 0.1) is 65.6 Å². The number of guanidine groups is 1. The molecule has 5 fully saturated rings. The minimum Gasteiger partial charge on any atom is -0.390 e. The molecule has 11 heteroatoms. The van der Waals surface area contributed by atoms with E-state index in [2.05, 4.69) is 44.5 Å². The fraction of sp³-hybridized carbons (Fsp3) is 0.750. The molecule has 5 rings (SSSR count). The van der Waals surface area contributed by atoms with Crippen LogP contribution in [0.2, 0.25) is 0 Å². The van der Waals surface area contributed by atoms with Crippen LogP contribution in [0.1, 0.15) is 112 Å². The molecule has 1 amide bonds. The van der Waals surface area contributed by atoms with E-state index in [9.17, 15) is 15.0 Å². The van der Waals surface area contributed by atoms with Gasteiger partial charge in [-0.1, -0.05) is 43.4 Å². The maximum Gasteiger partial charge on any atom is 0.273 e. The number of aliphatic hydroxyl groups is 2. The number of carbonyl (C=O) groups excluding carboxylic acids is 1. The minimum absolute atomic E-state index is 0.0159. The van der Waals surface area contributed by atoms with Crippen LogP contribution in [0.5, 0.6) is 0 Å². The van der Waals surface area contributed by atoms with Gasteiger partial charge in [-0.2, -0.15) is 4.99 Å². The summed E-state index contributed by atoms with van der Waals surface area (Å²) in [5.41, 5.74) is 10.2. The van der Waals surface area contributed by atoms with E-state index < -0.39 is 34.9 Å². The Balaban J connectivity index is 1.24. The summed E-state index contributed by atoms with van der Waals surface area (Å²) in [6, 6.07) is 0. The van der Waals surface area contributed by atoms with Crippen molar-refractivity contribution >= 4 is 11.9 Å². The van der Waals surface area contributed by atoms with Crippen LogP contribution in [0.25, 0.3) is 0 Å². The Bertz CT molecular complexity index is 1370. The fourth-order valence-electron chi connectivity index (χ4n) is 8.86. The molecule has 0 aromatic carbocycles. The Hall–Kier alpha value is -2.38. The van der Waals surface area contributed by atoms with Gasteiger partial charge in [0.1, 0.15) is 6.10 Å². The standard InChI is InChI=1S/C40H63N3O8/c1-8-9-10-11-15-32-38(5,46)18-16-29-30(47-32)17-19-39(6)34(48-29)22-31-36(51-39)27(44)23-40(7)33(49-31)20-26(4)28(50-40)14-12-13-24(2)25(3)21-35(45)43-37(41)42/h8-10,13,21,26-34,36,44,46H,1,11-12,14-20,22-23H2,2-7H3,(H4,41,42,43,45)/b10-9-,24-13+,25-21+/t26?,27-,28?,29?,30?,31?,32?,33?,34?,36?,38?,39?,40?/m0/s1. The predicted octanol–water partition coefficient (Wildman–Crippen LogP) is 5.08. The van der Waals surface area contributed by atoms with E-state index >= 15 is 0 Å². The van der Waals surface area contributed by atoms with Gasteiger partial charge in [0.2, 0.25) is 0 Å². The average molecular weight is 714 g/mol. The molecule has 11 nitrogen and oxygen atoms in total. The fourth-order valence-corrected chi connectivity index (χ4v) is 8.86. The van der Waals surface area contributed by atoms with Crippen LogP contribution in [0.3, 0.4) is 0 Å². The van der Waals surface area contributed by atoms with Crippen molar-refractivity contribution in [1.29, 1.82) is 0 Å². The molecule has 0 aromatic heterocycles. The smallest absolute Gasteiger partial charge is 0.273 e. The third kappa shape index (κ3) is 9.41. The normalized spacial score (nSPS) is 43.4. The third-order valence-electron chi connectivity index (χ3n) is 12.2. The van der Waals surface area contributed by atoms with Crippen LogP contribution >= 0.6 is 0 Å². The van der Waals surface area contributed by atoms with Crippen LogP contribution in [0.15, 0.2) is 53.1 Å². The van der Waals surface area contributed by atoms with Crippen LogP contribution in [-0.2, 0) is 28.5 Å². The van der Waals surface area contributed by atoms with Gasteiger partial charge in [0.25, 0.3) is 5.91 Å². The number of aliphatic imine (C=N–C) groups is 1. The molecule has 0 bridgehead atoms. The highest BCUT2D eigenvalue weighted by atomic mass is 16.6. The Kier molecular flexibility index (Phi) is 12.7. The van der Waals surface area contributed by atoms with Crippen LogP contribution in [0, 0.1) is 5.92 Å². The zero-order chi connectivity index (χ0) is 37.1. The summed E-state index contributed by atoms with van der Waals surface area (Å²) in [4.78, 5) is 15.5. The van der Waals surface area contributed by atoms with Crippen LogP contribution in [0.4, 0.5) is 0 Å². The summed E-state index contributed by atoms with van der Waals surface area (Å²) >= 11 is 0. The zero-order valence-corrected chi connectivity index (χ0v) is 31.6. The molecule has 5 saturated heterocycles. The maximum absolute atomic E-state index is 12.0. The molecule has 0 radical (unpaired) electrons. The second-order valence-electron chi connectivity index (χ2n) is 16.4. The number of amides is 1. The first kappa shape index (κ1) is 39.8. The first-order chi connectivity index (χ1) is 24.0. The summed E-state index contributed by atoms with van der Waals surface area (Å²) in [5.74, 6) is -0.497. The molecule has 13 atom stereocenters. The molecule has 0 aliphatic carbocycles. The molecule has 0 spiro atoms. The van der Waals surface area contributed by atoms with Gasteiger partial charge in [-0.25, -0.2) is 0 Å². The quantitative estimate of drug-likeness (QED) is 0.110. The van der Waals surface area contributed by atoms with Crippen LogP contribution in [-0.4, -0.2) is 93.8 Å². The highest BCUT2D eigenvalue weighted by Gasteiger charge is 2.58. The molecule has 5 heterocycles. The number of aliphatic hydroxyl groups excluding tert-OH is 1. The van der Waals surface area contributed by atoms with E-state index in [1.807, 2.05) is 26.8 Å². The van der Waals surface area contributed by atoms with E-state index in [0.717, 1.165) is 56.1 Å². The minimum atomic E-state index is -0.940. The lowest BCUT2D eigenvalue weighted by atomic mass is 9.79. The maximum atomic E-state index is 12.0. The zero-order valence-electron chi connectivity index (χ0n) is 31.6. The number of rotatable bonds is 9.